The van der Waals surface area contributed by atoms with Crippen molar-refractivity contribution in [3.05, 3.63) is 0 Å². The molecule has 0 aliphatic rings. The van der Waals surface area contributed by atoms with Crippen molar-refractivity contribution in [2.45, 2.75) is 20.0 Å². The summed E-state index contributed by atoms with van der Waals surface area (Å²) in [6.07, 6.45) is 0.168. The summed E-state index contributed by atoms with van der Waals surface area (Å²) in [6, 6.07) is 0. The molecule has 0 saturated carbocycles. The Labute approximate surface area is 55.1 Å². The molecule has 0 fully saturated rings. The summed E-state index contributed by atoms with van der Waals surface area (Å²) in [5.41, 5.74) is 0. The van der Waals surface area contributed by atoms with Crippen LogP contribution in [0.15, 0.2) is 0 Å². The molecule has 0 saturated heterocycles. The topological polar surface area (TPSA) is 49.3 Å². The lowest BCUT2D eigenvalue weighted by Crippen LogP contribution is -2.29. The third-order valence-electron chi connectivity index (χ3n) is 1.18. The van der Waals surface area contributed by atoms with Gasteiger partial charge in [0.2, 0.25) is 6.41 Å². The largest absolute Gasteiger partial charge is 0.391 e. The van der Waals surface area contributed by atoms with Gasteiger partial charge in [0.05, 0.1) is 6.10 Å². The Morgan fingerprint density at radius 3 is 2.56 bits per heavy atom. The number of hydrogen-bond donors (Lipinski definition) is 2. The molecule has 0 aromatic carbocycles. The summed E-state index contributed by atoms with van der Waals surface area (Å²) >= 11 is 0. The van der Waals surface area contributed by atoms with E-state index in [1.807, 2.05) is 13.8 Å². The minimum Gasteiger partial charge on any atom is -0.391 e. The van der Waals surface area contributed by atoms with Gasteiger partial charge in [-0.25, -0.2) is 0 Å². The smallest absolute Gasteiger partial charge is 0.207 e. The highest BCUT2D eigenvalue weighted by Crippen LogP contribution is 1.97. The van der Waals surface area contributed by atoms with Crippen LogP contribution in [0.3, 0.4) is 0 Å². The first-order valence-corrected chi connectivity index (χ1v) is 3.03. The van der Waals surface area contributed by atoms with Gasteiger partial charge in [-0.3, -0.25) is 4.79 Å². The fraction of sp³-hybridized carbons (Fsp3) is 0.833. The highest BCUT2D eigenvalue weighted by molar-refractivity contribution is 5.45. The molecular formula is C6H13NO2. The quantitative estimate of drug-likeness (QED) is 0.517. The van der Waals surface area contributed by atoms with E-state index < -0.39 is 6.10 Å². The molecule has 3 nitrogen and oxygen atoms in total. The zero-order valence-corrected chi connectivity index (χ0v) is 5.79. The lowest BCUT2D eigenvalue weighted by molar-refractivity contribution is -0.110. The summed E-state index contributed by atoms with van der Waals surface area (Å²) in [7, 11) is 0. The first-order chi connectivity index (χ1) is 4.18. The summed E-state index contributed by atoms with van der Waals surface area (Å²) in [5.74, 6) is 0.206. The van der Waals surface area contributed by atoms with Crippen molar-refractivity contribution in [2.75, 3.05) is 6.54 Å². The van der Waals surface area contributed by atoms with E-state index >= 15 is 0 Å². The van der Waals surface area contributed by atoms with Crippen molar-refractivity contribution in [1.82, 2.24) is 5.32 Å². The molecule has 1 unspecified atom stereocenters. The van der Waals surface area contributed by atoms with Gasteiger partial charge in [-0.1, -0.05) is 13.8 Å². The normalized spacial score (nSPS) is 13.3. The Morgan fingerprint density at radius 1 is 1.67 bits per heavy atom. The minimum atomic E-state index is -0.421. The van der Waals surface area contributed by atoms with Crippen LogP contribution in [0.1, 0.15) is 13.8 Å². The molecular weight excluding hydrogens is 118 g/mol. The number of amides is 1. The Hall–Kier alpha value is -0.570. The van der Waals surface area contributed by atoms with Crippen molar-refractivity contribution in [3.63, 3.8) is 0 Å². The van der Waals surface area contributed by atoms with Crippen LogP contribution in [0.5, 0.6) is 0 Å². The van der Waals surface area contributed by atoms with Gasteiger partial charge in [0.25, 0.3) is 0 Å². The summed E-state index contributed by atoms with van der Waals surface area (Å²) in [6.45, 7) is 4.15. The van der Waals surface area contributed by atoms with Gasteiger partial charge in [-0.15, -0.1) is 0 Å². The van der Waals surface area contributed by atoms with E-state index in [-0.39, 0.29) is 5.92 Å². The SMILES string of the molecule is CC(C)C(O)CNC=O. The summed E-state index contributed by atoms with van der Waals surface area (Å²) in [5, 5.41) is 11.4. The van der Waals surface area contributed by atoms with Gasteiger partial charge < -0.3 is 10.4 Å². The van der Waals surface area contributed by atoms with Crippen LogP contribution in [0.4, 0.5) is 0 Å². The predicted octanol–water partition coefficient (Wildman–Crippen LogP) is -0.251. The molecule has 0 spiro atoms. The third kappa shape index (κ3) is 3.97. The number of carbonyl (C=O) groups excluding carboxylic acids is 1. The molecule has 0 aliphatic carbocycles. The zero-order valence-electron chi connectivity index (χ0n) is 5.79. The third-order valence-corrected chi connectivity index (χ3v) is 1.18. The van der Waals surface area contributed by atoms with Crippen LogP contribution in [-0.2, 0) is 4.79 Å². The first-order valence-electron chi connectivity index (χ1n) is 3.03. The van der Waals surface area contributed by atoms with Gasteiger partial charge in [0.15, 0.2) is 0 Å². The molecule has 0 aromatic heterocycles. The summed E-state index contributed by atoms with van der Waals surface area (Å²) < 4.78 is 0. The van der Waals surface area contributed by atoms with Gasteiger partial charge in [-0.05, 0) is 5.92 Å². The lowest BCUT2D eigenvalue weighted by Gasteiger charge is -2.12. The second kappa shape index (κ2) is 4.32. The van der Waals surface area contributed by atoms with E-state index in [2.05, 4.69) is 5.32 Å². The maximum atomic E-state index is 9.71. The van der Waals surface area contributed by atoms with E-state index in [1.165, 1.54) is 0 Å². The van der Waals surface area contributed by atoms with Crippen LogP contribution in [0.2, 0.25) is 0 Å². The molecule has 9 heavy (non-hydrogen) atoms. The predicted molar refractivity (Wildman–Crippen MR) is 34.9 cm³/mol. The highest BCUT2D eigenvalue weighted by Gasteiger charge is 2.06. The maximum Gasteiger partial charge on any atom is 0.207 e. The van der Waals surface area contributed by atoms with Crippen LogP contribution < -0.4 is 5.32 Å². The second-order valence-corrected chi connectivity index (χ2v) is 2.34. The second-order valence-electron chi connectivity index (χ2n) is 2.34. The molecule has 1 amide bonds. The fourth-order valence-electron chi connectivity index (χ4n) is 0.405. The van der Waals surface area contributed by atoms with Gasteiger partial charge in [-0.2, -0.15) is 0 Å². The Balaban J connectivity index is 3.26. The van der Waals surface area contributed by atoms with E-state index in [0.717, 1.165) is 0 Å². The average molecular weight is 131 g/mol. The standard InChI is InChI=1S/C6H13NO2/c1-5(2)6(9)3-7-4-8/h4-6,9H,3H2,1-2H3,(H,7,8). The molecule has 1 atom stereocenters. The number of aliphatic hydroxyl groups is 1. The number of aliphatic hydroxyl groups excluding tert-OH is 1. The highest BCUT2D eigenvalue weighted by atomic mass is 16.3. The van der Waals surface area contributed by atoms with Crippen LogP contribution in [-0.4, -0.2) is 24.2 Å². The molecule has 0 rings (SSSR count). The molecule has 0 radical (unpaired) electrons. The van der Waals surface area contributed by atoms with Gasteiger partial charge in [0.1, 0.15) is 0 Å². The number of carbonyl (C=O) groups is 1. The van der Waals surface area contributed by atoms with Gasteiger partial charge in [0, 0.05) is 6.54 Å². The van der Waals surface area contributed by atoms with Crippen LogP contribution in [0, 0.1) is 5.92 Å². The van der Waals surface area contributed by atoms with Crippen LogP contribution >= 0.6 is 0 Å². The molecule has 0 bridgehead atoms. The lowest BCUT2D eigenvalue weighted by atomic mass is 10.1. The van der Waals surface area contributed by atoms with Crippen LogP contribution in [0.25, 0.3) is 0 Å². The van der Waals surface area contributed by atoms with Crippen molar-refractivity contribution in [2.24, 2.45) is 5.92 Å². The van der Waals surface area contributed by atoms with Crippen molar-refractivity contribution in [1.29, 1.82) is 0 Å². The van der Waals surface area contributed by atoms with E-state index in [1.54, 1.807) is 0 Å². The molecule has 3 heteroatoms. The Kier molecular flexibility index (Phi) is 4.05. The zero-order chi connectivity index (χ0) is 7.28. The summed E-state index contributed by atoms with van der Waals surface area (Å²) in [4.78, 5) is 9.71. The van der Waals surface area contributed by atoms with Gasteiger partial charge >= 0.3 is 0 Å². The molecule has 0 heterocycles. The van der Waals surface area contributed by atoms with E-state index in [0.29, 0.717) is 13.0 Å². The maximum absolute atomic E-state index is 9.71. The monoisotopic (exact) mass is 131 g/mol. The van der Waals surface area contributed by atoms with Crippen molar-refractivity contribution in [3.8, 4) is 0 Å². The average Bonchev–Trinajstić information content (AvgIpc) is 1.82. The Morgan fingerprint density at radius 2 is 2.22 bits per heavy atom. The van der Waals surface area contributed by atoms with E-state index in [9.17, 15) is 4.79 Å². The molecule has 0 aliphatic heterocycles. The molecule has 54 valence electrons. The molecule has 0 aromatic rings. The fourth-order valence-corrected chi connectivity index (χ4v) is 0.405. The Bertz CT molecular complexity index is 83.1. The number of rotatable bonds is 4. The van der Waals surface area contributed by atoms with Crippen molar-refractivity contribution < 1.29 is 9.90 Å². The number of hydrogen-bond acceptors (Lipinski definition) is 2. The molecule has 2 N–H and O–H groups in total. The number of nitrogens with one attached hydrogen (secondary N) is 1. The first kappa shape index (κ1) is 8.43. The van der Waals surface area contributed by atoms with E-state index in [4.69, 9.17) is 5.11 Å². The van der Waals surface area contributed by atoms with Crippen molar-refractivity contribution >= 4 is 6.41 Å². The minimum absolute atomic E-state index is 0.206.